The maximum Gasteiger partial charge on any atom is 0.241 e. The maximum atomic E-state index is 12.0. The largest absolute Gasteiger partial charge is 0.481 e. The number of ether oxygens (including phenoxy) is 3. The zero-order chi connectivity index (χ0) is 15.3. The van der Waals surface area contributed by atoms with Crippen molar-refractivity contribution in [1.29, 1.82) is 0 Å². The quantitative estimate of drug-likeness (QED) is 0.690. The van der Waals surface area contributed by atoms with Crippen LogP contribution in [0.15, 0.2) is 12.1 Å². The highest BCUT2D eigenvalue weighted by Gasteiger charge is 2.21. The van der Waals surface area contributed by atoms with Crippen molar-refractivity contribution in [3.63, 3.8) is 0 Å². The van der Waals surface area contributed by atoms with Crippen molar-refractivity contribution in [1.82, 2.24) is 4.98 Å². The molecule has 1 aromatic heterocycles. The monoisotopic (exact) mass is 316 g/mol. The van der Waals surface area contributed by atoms with Crippen LogP contribution in [0.3, 0.4) is 0 Å². The van der Waals surface area contributed by atoms with Gasteiger partial charge in [-0.2, -0.15) is 4.98 Å². The van der Waals surface area contributed by atoms with Gasteiger partial charge in [-0.15, -0.1) is 0 Å². The fourth-order valence-corrected chi connectivity index (χ4v) is 2.62. The minimum absolute atomic E-state index is 0.102. The molecule has 0 bridgehead atoms. The van der Waals surface area contributed by atoms with Crippen molar-refractivity contribution in [3.8, 4) is 11.8 Å². The summed E-state index contributed by atoms with van der Waals surface area (Å²) in [6.07, 6.45) is 2.36. The van der Waals surface area contributed by atoms with Crippen LogP contribution in [-0.2, 0) is 14.8 Å². The second-order valence-corrected chi connectivity index (χ2v) is 6.69. The number of hydrogen-bond acceptors (Lipinski definition) is 6. The molecule has 7 nitrogen and oxygen atoms in total. The molecule has 0 aromatic carbocycles. The minimum atomic E-state index is -3.50. The van der Waals surface area contributed by atoms with Gasteiger partial charge >= 0.3 is 0 Å². The molecular formula is C13H20N2O5S. The molecule has 0 saturated heterocycles. The number of aromatic nitrogens is 1. The molecule has 1 aromatic rings. The van der Waals surface area contributed by atoms with Crippen LogP contribution in [0.1, 0.15) is 12.8 Å². The number of hydrogen-bond donors (Lipinski definition) is 1. The van der Waals surface area contributed by atoms with E-state index in [1.54, 1.807) is 12.1 Å². The smallest absolute Gasteiger partial charge is 0.241 e. The topological polar surface area (TPSA) is 86.8 Å². The molecule has 1 N–H and O–H groups in total. The second-order valence-electron chi connectivity index (χ2n) is 4.85. The Hall–Kier alpha value is -1.54. The molecule has 0 atom stereocenters. The minimum Gasteiger partial charge on any atom is -0.481 e. The summed E-state index contributed by atoms with van der Waals surface area (Å²) in [6, 6.07) is 3.11. The number of nitrogens with zero attached hydrogens (tertiary/aromatic N) is 1. The lowest BCUT2D eigenvalue weighted by molar-refractivity contribution is 0.138. The molecule has 0 amide bonds. The Bertz CT molecular complexity index is 572. The van der Waals surface area contributed by atoms with Gasteiger partial charge in [-0.25, -0.2) is 8.42 Å². The Morgan fingerprint density at radius 3 is 2.67 bits per heavy atom. The van der Waals surface area contributed by atoms with Crippen molar-refractivity contribution in [2.75, 3.05) is 37.9 Å². The molecule has 21 heavy (non-hydrogen) atoms. The SMILES string of the molecule is COc1ccc(NS(=O)(=O)CCOCC2CC2)c(OC)n1. The van der Waals surface area contributed by atoms with Crippen molar-refractivity contribution < 1.29 is 22.6 Å². The second kappa shape index (κ2) is 6.95. The van der Waals surface area contributed by atoms with E-state index >= 15 is 0 Å². The summed E-state index contributed by atoms with van der Waals surface area (Å²) < 4.78 is 41.7. The first-order chi connectivity index (χ1) is 10.0. The van der Waals surface area contributed by atoms with Gasteiger partial charge in [0.15, 0.2) is 0 Å². The van der Waals surface area contributed by atoms with E-state index in [2.05, 4.69) is 9.71 Å². The first-order valence-corrected chi connectivity index (χ1v) is 8.36. The van der Waals surface area contributed by atoms with Crippen molar-refractivity contribution in [2.45, 2.75) is 12.8 Å². The molecule has 1 saturated carbocycles. The van der Waals surface area contributed by atoms with Gasteiger partial charge in [-0.1, -0.05) is 0 Å². The van der Waals surface area contributed by atoms with Crippen LogP contribution in [0.5, 0.6) is 11.8 Å². The third-order valence-electron chi connectivity index (χ3n) is 3.05. The third kappa shape index (κ3) is 5.05. The van der Waals surface area contributed by atoms with Crippen molar-refractivity contribution >= 4 is 15.7 Å². The molecule has 0 unspecified atom stereocenters. The van der Waals surface area contributed by atoms with E-state index in [1.807, 2.05) is 0 Å². The number of pyridine rings is 1. The number of sulfonamides is 1. The summed E-state index contributed by atoms with van der Waals surface area (Å²) in [6.45, 7) is 0.820. The number of nitrogens with one attached hydrogen (secondary N) is 1. The predicted molar refractivity (Wildman–Crippen MR) is 78.3 cm³/mol. The van der Waals surface area contributed by atoms with Gasteiger partial charge < -0.3 is 14.2 Å². The van der Waals surface area contributed by atoms with Gasteiger partial charge in [0.1, 0.15) is 5.69 Å². The summed E-state index contributed by atoms with van der Waals surface area (Å²) >= 11 is 0. The van der Waals surface area contributed by atoms with Crippen LogP contribution in [0.2, 0.25) is 0 Å². The Kier molecular flexibility index (Phi) is 5.24. The standard InChI is InChI=1S/C13H20N2O5S/c1-18-12-6-5-11(13(14-12)19-2)15-21(16,17)8-7-20-9-10-3-4-10/h5-6,10,15H,3-4,7-9H2,1-2H3. The highest BCUT2D eigenvalue weighted by atomic mass is 32.2. The summed E-state index contributed by atoms with van der Waals surface area (Å²) in [5.74, 6) is 1.03. The Morgan fingerprint density at radius 1 is 1.29 bits per heavy atom. The van der Waals surface area contributed by atoms with Crippen LogP contribution in [-0.4, -0.2) is 46.6 Å². The lowest BCUT2D eigenvalue weighted by Crippen LogP contribution is -2.21. The van der Waals surface area contributed by atoms with Crippen molar-refractivity contribution in [3.05, 3.63) is 12.1 Å². The van der Waals surface area contributed by atoms with Gasteiger partial charge in [0, 0.05) is 12.7 Å². The van der Waals surface area contributed by atoms with E-state index < -0.39 is 10.0 Å². The normalized spacial score (nSPS) is 14.8. The van der Waals surface area contributed by atoms with Gasteiger partial charge in [-0.05, 0) is 24.8 Å². The predicted octanol–water partition coefficient (Wildman–Crippen LogP) is 1.27. The Balaban J connectivity index is 1.91. The summed E-state index contributed by atoms with van der Waals surface area (Å²) in [5.41, 5.74) is 0.278. The first kappa shape index (κ1) is 15.8. The van der Waals surface area contributed by atoms with Crippen molar-refractivity contribution in [2.24, 2.45) is 5.92 Å². The Morgan fingerprint density at radius 2 is 2.05 bits per heavy atom. The third-order valence-corrected chi connectivity index (χ3v) is 4.28. The fourth-order valence-electron chi connectivity index (χ4n) is 1.69. The maximum absolute atomic E-state index is 12.0. The van der Waals surface area contributed by atoms with E-state index in [0.29, 0.717) is 18.4 Å². The zero-order valence-corrected chi connectivity index (χ0v) is 13.0. The first-order valence-electron chi connectivity index (χ1n) is 6.71. The molecule has 1 aliphatic rings. The Labute approximate surface area is 124 Å². The average Bonchev–Trinajstić information content (AvgIpc) is 3.28. The molecule has 2 rings (SSSR count). The highest BCUT2D eigenvalue weighted by molar-refractivity contribution is 7.92. The molecule has 1 fully saturated rings. The van der Waals surface area contributed by atoms with Gasteiger partial charge in [0.05, 0.1) is 26.6 Å². The molecular weight excluding hydrogens is 296 g/mol. The lowest BCUT2D eigenvalue weighted by Gasteiger charge is -2.12. The van der Waals surface area contributed by atoms with E-state index in [4.69, 9.17) is 14.2 Å². The molecule has 8 heteroatoms. The van der Waals surface area contributed by atoms with Crippen LogP contribution in [0.4, 0.5) is 5.69 Å². The van der Waals surface area contributed by atoms with Gasteiger partial charge in [-0.3, -0.25) is 4.72 Å². The molecule has 0 spiro atoms. The molecule has 118 valence electrons. The zero-order valence-electron chi connectivity index (χ0n) is 12.2. The summed E-state index contributed by atoms with van der Waals surface area (Å²) in [7, 11) is -0.610. The average molecular weight is 316 g/mol. The summed E-state index contributed by atoms with van der Waals surface area (Å²) in [4.78, 5) is 4.02. The molecule has 0 radical (unpaired) electrons. The fraction of sp³-hybridized carbons (Fsp3) is 0.615. The van der Waals surface area contributed by atoms with Crippen LogP contribution < -0.4 is 14.2 Å². The molecule has 1 heterocycles. The van der Waals surface area contributed by atoms with E-state index in [0.717, 1.165) is 0 Å². The highest BCUT2D eigenvalue weighted by Crippen LogP contribution is 2.29. The number of rotatable bonds is 9. The van der Waals surface area contributed by atoms with E-state index in [1.165, 1.54) is 27.1 Å². The molecule has 1 aliphatic carbocycles. The van der Waals surface area contributed by atoms with Crippen LogP contribution in [0.25, 0.3) is 0 Å². The number of anilines is 1. The van der Waals surface area contributed by atoms with Gasteiger partial charge in [0.2, 0.25) is 21.8 Å². The lowest BCUT2D eigenvalue weighted by atomic mass is 10.4. The van der Waals surface area contributed by atoms with E-state index in [-0.39, 0.29) is 23.9 Å². The molecule has 0 aliphatic heterocycles. The van der Waals surface area contributed by atoms with Crippen LogP contribution >= 0.6 is 0 Å². The number of methoxy groups -OCH3 is 2. The summed E-state index contributed by atoms with van der Waals surface area (Å²) in [5, 5.41) is 0. The van der Waals surface area contributed by atoms with Gasteiger partial charge in [0.25, 0.3) is 0 Å². The van der Waals surface area contributed by atoms with Crippen LogP contribution in [0, 0.1) is 5.92 Å². The van der Waals surface area contributed by atoms with E-state index in [9.17, 15) is 8.42 Å².